The number of ether oxygens (including phenoxy) is 1. The van der Waals surface area contributed by atoms with E-state index in [1.807, 2.05) is 0 Å². The van der Waals surface area contributed by atoms with Crippen LogP contribution in [0.15, 0.2) is 30.6 Å². The van der Waals surface area contributed by atoms with Gasteiger partial charge in [-0.15, -0.1) is 0 Å². The molecule has 42 heavy (non-hydrogen) atoms. The first kappa shape index (κ1) is 32.3. The molecule has 0 bridgehead atoms. The van der Waals surface area contributed by atoms with Crippen LogP contribution in [0.1, 0.15) is 31.2 Å². The van der Waals surface area contributed by atoms with Crippen LogP contribution in [-0.2, 0) is 11.2 Å². The third kappa shape index (κ3) is 9.19. The summed E-state index contributed by atoms with van der Waals surface area (Å²) < 4.78 is 20.5. The fourth-order valence-corrected chi connectivity index (χ4v) is 5.41. The summed E-state index contributed by atoms with van der Waals surface area (Å²) in [6.07, 6.45) is 3.15. The average molecular weight is 610 g/mol. The molecule has 2 aliphatic rings. The number of halogens is 2. The van der Waals surface area contributed by atoms with Crippen molar-refractivity contribution < 1.29 is 34.3 Å². The normalized spacial score (nSPS) is 18.4. The molecule has 3 heterocycles. The molecule has 1 amide bonds. The third-order valence-electron chi connectivity index (χ3n) is 7.97. The zero-order valence-corrected chi connectivity index (χ0v) is 24.4. The number of hydrogen-bond acceptors (Lipinski definition) is 10. The molecule has 0 aliphatic carbocycles. The number of nitrogens with one attached hydrogen (secondary N) is 1. The van der Waals surface area contributed by atoms with Crippen molar-refractivity contribution in [3.8, 4) is 5.75 Å². The van der Waals surface area contributed by atoms with E-state index >= 15 is 0 Å². The SMILES string of the molecule is O=C(Cc1ccc(OCCCC2CCN(c3ncc(Cl)cn3)CC2)cc1F)N1CC(CNC[C@H](O)[C@@H](O)[C@H](O)CO)C1. The topological polar surface area (TPSA) is 152 Å². The van der Waals surface area contributed by atoms with Gasteiger partial charge in [0.1, 0.15) is 23.8 Å². The summed E-state index contributed by atoms with van der Waals surface area (Å²) in [5.41, 5.74) is 0.324. The van der Waals surface area contributed by atoms with Gasteiger partial charge in [-0.1, -0.05) is 17.7 Å². The lowest BCUT2D eigenvalue weighted by Crippen LogP contribution is -2.54. The maximum absolute atomic E-state index is 14.7. The van der Waals surface area contributed by atoms with Gasteiger partial charge >= 0.3 is 0 Å². The molecule has 0 spiro atoms. The van der Waals surface area contributed by atoms with Crippen molar-refractivity contribution in [2.75, 3.05) is 57.4 Å². The highest BCUT2D eigenvalue weighted by atomic mass is 35.5. The van der Waals surface area contributed by atoms with Crippen molar-refractivity contribution in [1.29, 1.82) is 0 Å². The van der Waals surface area contributed by atoms with Crippen molar-refractivity contribution >= 4 is 23.5 Å². The van der Waals surface area contributed by atoms with E-state index in [0.29, 0.717) is 54.4 Å². The summed E-state index contributed by atoms with van der Waals surface area (Å²) in [5, 5.41) is 41.2. The highest BCUT2D eigenvalue weighted by Crippen LogP contribution is 2.25. The first-order valence-corrected chi connectivity index (χ1v) is 14.9. The Bertz CT molecular complexity index is 1130. The van der Waals surface area contributed by atoms with Crippen LogP contribution in [0.3, 0.4) is 0 Å². The largest absolute Gasteiger partial charge is 0.493 e. The summed E-state index contributed by atoms with van der Waals surface area (Å²) in [6.45, 7) is 3.25. The highest BCUT2D eigenvalue weighted by molar-refractivity contribution is 6.30. The van der Waals surface area contributed by atoms with E-state index in [1.54, 1.807) is 29.4 Å². The Morgan fingerprint density at radius 2 is 1.83 bits per heavy atom. The molecule has 4 rings (SSSR count). The van der Waals surface area contributed by atoms with Crippen LogP contribution in [0.25, 0.3) is 0 Å². The standard InChI is InChI=1S/C29H41ClFN5O6/c30-22-13-33-29(34-14-22)35-7-5-19(6-8-35)2-1-9-42-23-4-3-21(24(31)11-23)10-27(40)36-16-20(17-36)12-32-15-25(38)28(41)26(39)18-37/h3-4,11,13-14,19-20,25-26,28,32,37-39,41H,1-2,5-10,12,15-18H2/t25-,26+,28+/m0/s1. The minimum atomic E-state index is -1.44. The van der Waals surface area contributed by atoms with Crippen molar-refractivity contribution in [2.24, 2.45) is 11.8 Å². The summed E-state index contributed by atoms with van der Waals surface area (Å²) in [5.74, 6) is 1.31. The maximum atomic E-state index is 14.7. The molecule has 2 fully saturated rings. The van der Waals surface area contributed by atoms with E-state index in [4.69, 9.17) is 21.4 Å². The Hall–Kier alpha value is -2.61. The van der Waals surface area contributed by atoms with E-state index < -0.39 is 30.7 Å². The monoisotopic (exact) mass is 609 g/mol. The lowest BCUT2D eigenvalue weighted by Gasteiger charge is -2.39. The fraction of sp³-hybridized carbons (Fsp3) is 0.621. The summed E-state index contributed by atoms with van der Waals surface area (Å²) >= 11 is 5.87. The van der Waals surface area contributed by atoms with Gasteiger partial charge in [0.2, 0.25) is 11.9 Å². The Labute approximate surface area is 250 Å². The van der Waals surface area contributed by atoms with Gasteiger partial charge in [-0.05, 0) is 43.2 Å². The lowest BCUT2D eigenvalue weighted by atomic mass is 9.92. The maximum Gasteiger partial charge on any atom is 0.227 e. The Morgan fingerprint density at radius 3 is 2.50 bits per heavy atom. The molecule has 0 radical (unpaired) electrons. The van der Waals surface area contributed by atoms with Gasteiger partial charge in [0.15, 0.2) is 0 Å². The van der Waals surface area contributed by atoms with Crippen molar-refractivity contribution in [2.45, 2.75) is 50.4 Å². The molecule has 2 saturated heterocycles. The predicted molar refractivity (Wildman–Crippen MR) is 155 cm³/mol. The number of carbonyl (C=O) groups excluding carboxylic acids is 1. The van der Waals surface area contributed by atoms with Gasteiger partial charge < -0.3 is 40.3 Å². The number of amides is 1. The number of anilines is 1. The molecule has 232 valence electrons. The lowest BCUT2D eigenvalue weighted by molar-refractivity contribution is -0.136. The van der Waals surface area contributed by atoms with E-state index in [9.17, 15) is 24.5 Å². The molecule has 13 heteroatoms. The van der Waals surface area contributed by atoms with Crippen LogP contribution in [0.4, 0.5) is 10.3 Å². The second kappa shape index (κ2) is 15.7. The van der Waals surface area contributed by atoms with Gasteiger partial charge in [0.25, 0.3) is 0 Å². The van der Waals surface area contributed by atoms with E-state index in [-0.39, 0.29) is 24.8 Å². The molecule has 2 aliphatic heterocycles. The second-order valence-corrected chi connectivity index (χ2v) is 11.6. The third-order valence-corrected chi connectivity index (χ3v) is 8.16. The summed E-state index contributed by atoms with van der Waals surface area (Å²) in [4.78, 5) is 25.0. The van der Waals surface area contributed by atoms with Crippen LogP contribution in [0.2, 0.25) is 5.02 Å². The van der Waals surface area contributed by atoms with Gasteiger partial charge in [-0.3, -0.25) is 4.79 Å². The Kier molecular flexibility index (Phi) is 12.1. The number of likely N-dealkylation sites (tertiary alicyclic amines) is 1. The number of aliphatic hydroxyl groups is 4. The van der Waals surface area contributed by atoms with E-state index in [2.05, 4.69) is 20.2 Å². The summed E-state index contributed by atoms with van der Waals surface area (Å²) in [7, 11) is 0. The number of benzene rings is 1. The van der Waals surface area contributed by atoms with Crippen molar-refractivity contribution in [3.63, 3.8) is 0 Å². The zero-order chi connectivity index (χ0) is 30.1. The first-order chi connectivity index (χ1) is 20.2. The Balaban J connectivity index is 1.08. The molecular weight excluding hydrogens is 569 g/mol. The molecule has 3 atom stereocenters. The van der Waals surface area contributed by atoms with Crippen LogP contribution in [0.5, 0.6) is 5.75 Å². The fourth-order valence-electron chi connectivity index (χ4n) is 5.31. The van der Waals surface area contributed by atoms with Crippen LogP contribution in [0, 0.1) is 17.7 Å². The molecule has 0 saturated carbocycles. The average Bonchev–Trinajstić information content (AvgIpc) is 2.97. The van der Waals surface area contributed by atoms with Crippen LogP contribution < -0.4 is 15.0 Å². The number of piperidine rings is 1. The second-order valence-electron chi connectivity index (χ2n) is 11.2. The zero-order valence-electron chi connectivity index (χ0n) is 23.6. The number of rotatable bonds is 15. The molecule has 11 nitrogen and oxygen atoms in total. The van der Waals surface area contributed by atoms with Gasteiger partial charge in [-0.2, -0.15) is 0 Å². The van der Waals surface area contributed by atoms with Crippen LogP contribution >= 0.6 is 11.6 Å². The minimum absolute atomic E-state index is 0.0318. The smallest absolute Gasteiger partial charge is 0.227 e. The number of carbonyl (C=O) groups is 1. The number of aromatic nitrogens is 2. The molecule has 2 aromatic rings. The number of nitrogens with zero attached hydrogens (tertiary/aromatic N) is 4. The number of hydrogen-bond donors (Lipinski definition) is 5. The molecule has 1 aromatic carbocycles. The molecular formula is C29H41ClFN5O6. The quantitative estimate of drug-likeness (QED) is 0.185. The molecule has 1 aromatic heterocycles. The van der Waals surface area contributed by atoms with Gasteiger partial charge in [-0.25, -0.2) is 14.4 Å². The predicted octanol–water partition coefficient (Wildman–Crippen LogP) is 1.01. The molecule has 0 unspecified atom stereocenters. The minimum Gasteiger partial charge on any atom is -0.493 e. The van der Waals surface area contributed by atoms with E-state index in [1.165, 1.54) is 6.07 Å². The van der Waals surface area contributed by atoms with Gasteiger partial charge in [0, 0.05) is 51.3 Å². The summed E-state index contributed by atoms with van der Waals surface area (Å²) in [6, 6.07) is 4.64. The first-order valence-electron chi connectivity index (χ1n) is 14.5. The number of aliphatic hydroxyl groups excluding tert-OH is 4. The highest BCUT2D eigenvalue weighted by Gasteiger charge is 2.31. The van der Waals surface area contributed by atoms with Crippen molar-refractivity contribution in [3.05, 3.63) is 47.0 Å². The van der Waals surface area contributed by atoms with Crippen LogP contribution in [-0.4, -0.2) is 112 Å². The van der Waals surface area contributed by atoms with E-state index in [0.717, 1.165) is 38.8 Å². The van der Waals surface area contributed by atoms with Gasteiger partial charge in [0.05, 0.1) is 43.2 Å². The Morgan fingerprint density at radius 1 is 1.12 bits per heavy atom. The molecule has 5 N–H and O–H groups in total. The van der Waals surface area contributed by atoms with Crippen molar-refractivity contribution in [1.82, 2.24) is 20.2 Å².